The van der Waals surface area contributed by atoms with E-state index >= 15 is 0 Å². The number of carbonyl (C=O) groups is 2. The summed E-state index contributed by atoms with van der Waals surface area (Å²) in [6.07, 6.45) is 2.91. The Labute approximate surface area is 131 Å². The molecular formula is C15H22ClN3O2. The second-order valence-electron chi connectivity index (χ2n) is 5.17. The van der Waals surface area contributed by atoms with Crippen molar-refractivity contribution < 1.29 is 9.59 Å². The van der Waals surface area contributed by atoms with Gasteiger partial charge < -0.3 is 16.4 Å². The first-order valence-electron chi connectivity index (χ1n) is 7.03. The molecule has 2 amide bonds. The molecule has 1 aromatic carbocycles. The van der Waals surface area contributed by atoms with Crippen molar-refractivity contribution in [3.05, 3.63) is 30.3 Å². The normalized spacial score (nSPS) is 20.4. The van der Waals surface area contributed by atoms with Gasteiger partial charge in [-0.05, 0) is 37.4 Å². The number of nitrogens with one attached hydrogen (secondary N) is 2. The van der Waals surface area contributed by atoms with Crippen molar-refractivity contribution in [1.82, 2.24) is 5.32 Å². The molecule has 0 aromatic heterocycles. The van der Waals surface area contributed by atoms with E-state index in [0.29, 0.717) is 6.54 Å². The minimum absolute atomic E-state index is 0. The van der Waals surface area contributed by atoms with Crippen molar-refractivity contribution in [2.24, 2.45) is 17.6 Å². The van der Waals surface area contributed by atoms with Gasteiger partial charge in [-0.1, -0.05) is 24.6 Å². The third-order valence-electron chi connectivity index (χ3n) is 3.78. The van der Waals surface area contributed by atoms with E-state index < -0.39 is 0 Å². The van der Waals surface area contributed by atoms with Gasteiger partial charge in [0.05, 0.1) is 6.54 Å². The molecule has 1 saturated carbocycles. The lowest BCUT2D eigenvalue weighted by atomic mass is 9.95. The zero-order chi connectivity index (χ0) is 14.4. The molecule has 5 nitrogen and oxygen atoms in total. The number of rotatable bonds is 5. The fraction of sp³-hybridized carbons (Fsp3) is 0.467. The maximum atomic E-state index is 12.0. The zero-order valence-electron chi connectivity index (χ0n) is 11.9. The van der Waals surface area contributed by atoms with Crippen molar-refractivity contribution in [3.63, 3.8) is 0 Å². The molecule has 2 atom stereocenters. The molecular weight excluding hydrogens is 290 g/mol. The van der Waals surface area contributed by atoms with Gasteiger partial charge in [0.15, 0.2) is 0 Å². The Kier molecular flexibility index (Phi) is 7.19. The van der Waals surface area contributed by atoms with Crippen LogP contribution in [0.5, 0.6) is 0 Å². The number of hydrogen-bond acceptors (Lipinski definition) is 3. The summed E-state index contributed by atoms with van der Waals surface area (Å²) >= 11 is 0. The van der Waals surface area contributed by atoms with E-state index in [2.05, 4.69) is 10.6 Å². The van der Waals surface area contributed by atoms with E-state index in [-0.39, 0.29) is 42.6 Å². The molecule has 0 unspecified atom stereocenters. The average molecular weight is 312 g/mol. The summed E-state index contributed by atoms with van der Waals surface area (Å²) in [7, 11) is 0. The number of halogens is 1. The molecule has 0 radical (unpaired) electrons. The van der Waals surface area contributed by atoms with Gasteiger partial charge >= 0.3 is 0 Å². The highest BCUT2D eigenvalue weighted by Gasteiger charge is 2.31. The van der Waals surface area contributed by atoms with Crippen molar-refractivity contribution in [2.75, 3.05) is 18.4 Å². The summed E-state index contributed by atoms with van der Waals surface area (Å²) in [6.45, 7) is 0.538. The third-order valence-corrected chi connectivity index (χ3v) is 3.78. The second kappa shape index (κ2) is 8.64. The van der Waals surface area contributed by atoms with Gasteiger partial charge in [0.1, 0.15) is 0 Å². The van der Waals surface area contributed by atoms with Crippen LogP contribution in [0.3, 0.4) is 0 Å². The molecule has 116 valence electrons. The van der Waals surface area contributed by atoms with Crippen LogP contribution in [0.4, 0.5) is 5.69 Å². The quantitative estimate of drug-likeness (QED) is 0.771. The van der Waals surface area contributed by atoms with Crippen LogP contribution in [0.1, 0.15) is 19.3 Å². The lowest BCUT2D eigenvalue weighted by Crippen LogP contribution is -2.39. The Morgan fingerprint density at radius 1 is 1.19 bits per heavy atom. The number of benzene rings is 1. The molecule has 1 aliphatic rings. The van der Waals surface area contributed by atoms with Crippen LogP contribution < -0.4 is 16.4 Å². The standard InChI is InChI=1S/C15H21N3O2.ClH/c16-9-11-5-4-8-13(11)15(20)17-10-14(19)18-12-6-2-1-3-7-12;/h1-3,6-7,11,13H,4-5,8-10,16H2,(H,17,20)(H,18,19);1H/t11-,13-;/m1./s1. The minimum Gasteiger partial charge on any atom is -0.347 e. The second-order valence-corrected chi connectivity index (χ2v) is 5.17. The highest BCUT2D eigenvalue weighted by atomic mass is 35.5. The van der Waals surface area contributed by atoms with Crippen LogP contribution >= 0.6 is 12.4 Å². The van der Waals surface area contributed by atoms with Crippen molar-refractivity contribution >= 4 is 29.9 Å². The summed E-state index contributed by atoms with van der Waals surface area (Å²) < 4.78 is 0. The van der Waals surface area contributed by atoms with Gasteiger partial charge in [-0.3, -0.25) is 9.59 Å². The largest absolute Gasteiger partial charge is 0.347 e. The molecule has 0 bridgehead atoms. The molecule has 1 fully saturated rings. The summed E-state index contributed by atoms with van der Waals surface area (Å²) in [5, 5.41) is 5.44. The monoisotopic (exact) mass is 311 g/mol. The lowest BCUT2D eigenvalue weighted by molar-refractivity contribution is -0.128. The number of para-hydroxylation sites is 1. The van der Waals surface area contributed by atoms with Crippen LogP contribution in [-0.4, -0.2) is 24.9 Å². The fourth-order valence-corrected chi connectivity index (χ4v) is 2.69. The Hall–Kier alpha value is -1.59. The van der Waals surface area contributed by atoms with Gasteiger partial charge in [0.2, 0.25) is 11.8 Å². The smallest absolute Gasteiger partial charge is 0.243 e. The van der Waals surface area contributed by atoms with Crippen LogP contribution in [0.15, 0.2) is 30.3 Å². The van der Waals surface area contributed by atoms with E-state index in [9.17, 15) is 9.59 Å². The predicted molar refractivity (Wildman–Crippen MR) is 85.2 cm³/mol. The Balaban J connectivity index is 0.00000220. The highest BCUT2D eigenvalue weighted by molar-refractivity contribution is 5.94. The van der Waals surface area contributed by atoms with Gasteiger partial charge in [-0.2, -0.15) is 0 Å². The number of amides is 2. The molecule has 0 saturated heterocycles. The van der Waals surface area contributed by atoms with Crippen molar-refractivity contribution in [3.8, 4) is 0 Å². The highest BCUT2D eigenvalue weighted by Crippen LogP contribution is 2.30. The third kappa shape index (κ3) is 5.02. The molecule has 4 N–H and O–H groups in total. The Morgan fingerprint density at radius 2 is 1.90 bits per heavy atom. The molecule has 1 aliphatic carbocycles. The first-order chi connectivity index (χ1) is 9.70. The Morgan fingerprint density at radius 3 is 2.57 bits per heavy atom. The summed E-state index contributed by atoms with van der Waals surface area (Å²) in [4.78, 5) is 23.8. The van der Waals surface area contributed by atoms with Crippen LogP contribution in [-0.2, 0) is 9.59 Å². The van der Waals surface area contributed by atoms with E-state index in [4.69, 9.17) is 5.73 Å². The number of carbonyl (C=O) groups excluding carboxylic acids is 2. The van der Waals surface area contributed by atoms with E-state index in [1.165, 1.54) is 0 Å². The molecule has 0 spiro atoms. The van der Waals surface area contributed by atoms with Crippen LogP contribution in [0.25, 0.3) is 0 Å². The van der Waals surface area contributed by atoms with Crippen LogP contribution in [0, 0.1) is 11.8 Å². The molecule has 1 aromatic rings. The predicted octanol–water partition coefficient (Wildman–Crippen LogP) is 1.54. The van der Waals surface area contributed by atoms with E-state index in [1.54, 1.807) is 12.1 Å². The summed E-state index contributed by atoms with van der Waals surface area (Å²) in [5.41, 5.74) is 6.39. The molecule has 6 heteroatoms. The van der Waals surface area contributed by atoms with Crippen LogP contribution in [0.2, 0.25) is 0 Å². The van der Waals surface area contributed by atoms with Gasteiger partial charge in [-0.25, -0.2) is 0 Å². The molecule has 2 rings (SSSR count). The van der Waals surface area contributed by atoms with Crippen molar-refractivity contribution in [2.45, 2.75) is 19.3 Å². The topological polar surface area (TPSA) is 84.2 Å². The van der Waals surface area contributed by atoms with E-state index in [1.807, 2.05) is 18.2 Å². The Bertz CT molecular complexity index is 467. The maximum absolute atomic E-state index is 12.0. The lowest BCUT2D eigenvalue weighted by Gasteiger charge is -2.17. The molecule has 0 heterocycles. The molecule has 21 heavy (non-hydrogen) atoms. The fourth-order valence-electron chi connectivity index (χ4n) is 2.69. The first-order valence-corrected chi connectivity index (χ1v) is 7.03. The average Bonchev–Trinajstić information content (AvgIpc) is 2.94. The minimum atomic E-state index is -0.216. The number of hydrogen-bond donors (Lipinski definition) is 3. The first kappa shape index (κ1) is 17.5. The van der Waals surface area contributed by atoms with Crippen molar-refractivity contribution in [1.29, 1.82) is 0 Å². The number of nitrogens with two attached hydrogens (primary N) is 1. The van der Waals surface area contributed by atoms with Gasteiger partial charge in [-0.15, -0.1) is 12.4 Å². The van der Waals surface area contributed by atoms with Gasteiger partial charge in [0.25, 0.3) is 0 Å². The van der Waals surface area contributed by atoms with E-state index in [0.717, 1.165) is 24.9 Å². The van der Waals surface area contributed by atoms with Gasteiger partial charge in [0, 0.05) is 11.6 Å². The molecule has 0 aliphatic heterocycles. The summed E-state index contributed by atoms with van der Waals surface area (Å²) in [5.74, 6) is -0.0512. The number of anilines is 1. The summed E-state index contributed by atoms with van der Waals surface area (Å²) in [6, 6.07) is 9.18. The zero-order valence-corrected chi connectivity index (χ0v) is 12.7. The maximum Gasteiger partial charge on any atom is 0.243 e. The SMILES string of the molecule is Cl.NC[C@H]1CCC[C@H]1C(=O)NCC(=O)Nc1ccccc1.